The van der Waals surface area contributed by atoms with Crippen LogP contribution >= 0.6 is 0 Å². The number of rotatable bonds is 5. The van der Waals surface area contributed by atoms with Crippen molar-refractivity contribution < 1.29 is 9.52 Å². The first kappa shape index (κ1) is 19.6. The molecule has 5 nitrogen and oxygen atoms in total. The summed E-state index contributed by atoms with van der Waals surface area (Å²) >= 11 is 0. The van der Waals surface area contributed by atoms with E-state index in [0.717, 1.165) is 38.0 Å². The number of aromatic nitrogens is 2. The smallest absolute Gasteiger partial charge is 0.252 e. The van der Waals surface area contributed by atoms with E-state index >= 15 is 0 Å². The molecule has 0 saturated heterocycles. The summed E-state index contributed by atoms with van der Waals surface area (Å²) in [6, 6.07) is 20.9. The minimum Gasteiger partial charge on any atom is -0.619 e. The Morgan fingerprint density at radius 1 is 1.03 bits per heavy atom. The van der Waals surface area contributed by atoms with Gasteiger partial charge >= 0.3 is 0 Å². The van der Waals surface area contributed by atoms with Crippen molar-refractivity contribution in [2.75, 3.05) is 0 Å². The van der Waals surface area contributed by atoms with Crippen molar-refractivity contribution in [2.24, 2.45) is 0 Å². The molecule has 1 amide bonds. The summed E-state index contributed by atoms with van der Waals surface area (Å²) in [6.45, 7) is 3.95. The lowest BCUT2D eigenvalue weighted by molar-refractivity contribution is -0.605. The molecule has 0 spiro atoms. The van der Waals surface area contributed by atoms with Crippen LogP contribution < -0.4 is 10.0 Å². The Labute approximate surface area is 175 Å². The molecule has 0 radical (unpaired) electrons. The summed E-state index contributed by atoms with van der Waals surface area (Å²) in [7, 11) is 0. The van der Waals surface area contributed by atoms with Crippen LogP contribution in [0.15, 0.2) is 79.1 Å². The minimum atomic E-state index is -0.190. The Hall–Kier alpha value is -3.73. The van der Waals surface area contributed by atoms with Gasteiger partial charge in [0.25, 0.3) is 5.91 Å². The van der Waals surface area contributed by atoms with Crippen LogP contribution in [0.3, 0.4) is 0 Å². The zero-order chi connectivity index (χ0) is 21.1. The van der Waals surface area contributed by atoms with Gasteiger partial charge in [-0.15, -0.1) is 0 Å². The molecule has 30 heavy (non-hydrogen) atoms. The number of fused-ring (bicyclic) bond motifs is 1. The van der Waals surface area contributed by atoms with Crippen LogP contribution in [0.25, 0.3) is 22.2 Å². The van der Waals surface area contributed by atoms with Crippen molar-refractivity contribution in [1.82, 2.24) is 10.3 Å². The van der Waals surface area contributed by atoms with Gasteiger partial charge in [-0.1, -0.05) is 55.5 Å². The largest absolute Gasteiger partial charge is 0.619 e. The number of nitrogens with one attached hydrogen (secondary N) is 1. The van der Waals surface area contributed by atoms with E-state index in [0.29, 0.717) is 12.0 Å². The first-order valence-electron chi connectivity index (χ1n) is 10.0. The van der Waals surface area contributed by atoms with Gasteiger partial charge in [-0.25, -0.2) is 4.98 Å². The summed E-state index contributed by atoms with van der Waals surface area (Å²) in [5, 5.41) is 15.3. The molecule has 0 aliphatic carbocycles. The van der Waals surface area contributed by atoms with Crippen LogP contribution in [-0.2, 0) is 0 Å². The van der Waals surface area contributed by atoms with E-state index in [1.54, 1.807) is 12.1 Å². The van der Waals surface area contributed by atoms with Crippen molar-refractivity contribution in [3.05, 3.63) is 101 Å². The van der Waals surface area contributed by atoms with Gasteiger partial charge in [-0.05, 0) is 30.5 Å². The fourth-order valence-corrected chi connectivity index (χ4v) is 3.79. The molecular weight excluding hydrogens is 374 g/mol. The topological polar surface area (TPSA) is 68.9 Å². The first-order valence-corrected chi connectivity index (χ1v) is 10.0. The summed E-state index contributed by atoms with van der Waals surface area (Å²) in [5.41, 5.74) is 4.94. The molecule has 4 rings (SSSR count). The van der Waals surface area contributed by atoms with Crippen molar-refractivity contribution in [2.45, 2.75) is 26.3 Å². The number of para-hydroxylation sites is 1. The van der Waals surface area contributed by atoms with Crippen LogP contribution in [0, 0.1) is 12.1 Å². The SMILES string of the molecule is CCC(NC(=O)c1c(C)c(-c2ccccc2)nc2ccccc12)c1cc[n+]([O-])cc1. The number of benzene rings is 2. The molecule has 2 aromatic heterocycles. The van der Waals surface area contributed by atoms with E-state index in [1.807, 2.05) is 68.4 Å². The van der Waals surface area contributed by atoms with Crippen molar-refractivity contribution in [3.8, 4) is 11.3 Å². The van der Waals surface area contributed by atoms with Gasteiger partial charge in [0.05, 0.1) is 22.8 Å². The van der Waals surface area contributed by atoms with E-state index in [1.165, 1.54) is 12.4 Å². The molecule has 0 fully saturated rings. The lowest BCUT2D eigenvalue weighted by Crippen LogP contribution is -2.30. The zero-order valence-electron chi connectivity index (χ0n) is 17.0. The molecule has 0 aliphatic rings. The number of hydrogen-bond donors (Lipinski definition) is 1. The number of carbonyl (C=O) groups excluding carboxylic acids is 1. The maximum absolute atomic E-state index is 13.5. The predicted molar refractivity (Wildman–Crippen MR) is 118 cm³/mol. The van der Waals surface area contributed by atoms with Crippen molar-refractivity contribution in [3.63, 3.8) is 0 Å². The Kier molecular flexibility index (Phi) is 5.44. The maximum atomic E-state index is 13.5. The van der Waals surface area contributed by atoms with Crippen molar-refractivity contribution in [1.29, 1.82) is 0 Å². The number of nitrogens with zero attached hydrogens (tertiary/aromatic N) is 2. The number of hydrogen-bond acceptors (Lipinski definition) is 3. The van der Waals surface area contributed by atoms with Crippen LogP contribution in [0.1, 0.15) is 40.9 Å². The molecule has 4 aromatic rings. The molecule has 0 saturated carbocycles. The van der Waals surface area contributed by atoms with Crippen LogP contribution in [0.2, 0.25) is 0 Å². The monoisotopic (exact) mass is 397 g/mol. The second-order valence-electron chi connectivity index (χ2n) is 7.27. The summed E-state index contributed by atoms with van der Waals surface area (Å²) in [5.74, 6) is -0.144. The highest BCUT2D eigenvalue weighted by Crippen LogP contribution is 2.30. The van der Waals surface area contributed by atoms with Crippen LogP contribution in [0.5, 0.6) is 0 Å². The molecule has 1 atom stereocenters. The van der Waals surface area contributed by atoms with Gasteiger partial charge in [0.2, 0.25) is 0 Å². The molecule has 2 aromatic carbocycles. The van der Waals surface area contributed by atoms with Gasteiger partial charge < -0.3 is 10.5 Å². The number of carbonyl (C=O) groups is 1. The van der Waals surface area contributed by atoms with Gasteiger partial charge in [0.15, 0.2) is 12.4 Å². The minimum absolute atomic E-state index is 0.144. The Bertz CT molecular complexity index is 1190. The third kappa shape index (κ3) is 3.74. The normalized spacial score (nSPS) is 11.9. The highest BCUT2D eigenvalue weighted by molar-refractivity contribution is 6.09. The van der Waals surface area contributed by atoms with Crippen LogP contribution in [0.4, 0.5) is 0 Å². The summed E-state index contributed by atoms with van der Waals surface area (Å²) < 4.78 is 0.741. The van der Waals surface area contributed by atoms with Gasteiger partial charge in [0.1, 0.15) is 0 Å². The van der Waals surface area contributed by atoms with Gasteiger partial charge in [-0.3, -0.25) is 4.79 Å². The molecule has 5 heteroatoms. The summed E-state index contributed by atoms with van der Waals surface area (Å²) in [6.07, 6.45) is 3.61. The van der Waals surface area contributed by atoms with E-state index in [2.05, 4.69) is 5.32 Å². The van der Waals surface area contributed by atoms with Gasteiger partial charge in [-0.2, -0.15) is 4.73 Å². The first-order chi connectivity index (χ1) is 14.6. The highest BCUT2D eigenvalue weighted by Gasteiger charge is 2.21. The molecule has 1 N–H and O–H groups in total. The molecular formula is C25H23N3O2. The lowest BCUT2D eigenvalue weighted by atomic mass is 9.96. The van der Waals surface area contributed by atoms with E-state index in [9.17, 15) is 10.0 Å². The third-order valence-electron chi connectivity index (χ3n) is 5.35. The molecule has 0 bridgehead atoms. The van der Waals surface area contributed by atoms with E-state index < -0.39 is 0 Å². The lowest BCUT2D eigenvalue weighted by Gasteiger charge is -2.20. The highest BCUT2D eigenvalue weighted by atomic mass is 16.5. The second-order valence-corrected chi connectivity index (χ2v) is 7.27. The summed E-state index contributed by atoms with van der Waals surface area (Å²) in [4.78, 5) is 18.3. The fraction of sp³-hybridized carbons (Fsp3) is 0.160. The molecule has 150 valence electrons. The average Bonchev–Trinajstić information content (AvgIpc) is 2.78. The van der Waals surface area contributed by atoms with Gasteiger partial charge in [0, 0.05) is 23.1 Å². The van der Waals surface area contributed by atoms with E-state index in [4.69, 9.17) is 4.98 Å². The van der Waals surface area contributed by atoms with E-state index in [-0.39, 0.29) is 11.9 Å². The third-order valence-corrected chi connectivity index (χ3v) is 5.35. The Balaban J connectivity index is 1.79. The number of pyridine rings is 2. The average molecular weight is 397 g/mol. The Morgan fingerprint density at radius 2 is 1.70 bits per heavy atom. The second kappa shape index (κ2) is 8.33. The van der Waals surface area contributed by atoms with Crippen LogP contribution in [-0.4, -0.2) is 10.9 Å². The molecule has 2 heterocycles. The molecule has 1 unspecified atom stereocenters. The molecule has 0 aliphatic heterocycles. The Morgan fingerprint density at radius 3 is 2.40 bits per heavy atom. The van der Waals surface area contributed by atoms with Crippen molar-refractivity contribution >= 4 is 16.8 Å². The standard InChI is InChI=1S/C25H23N3O2/c1-3-21(18-13-15-28(30)16-14-18)27-25(29)23-17(2)24(19-9-5-4-6-10-19)26-22-12-8-7-11-20(22)23/h4-16,21H,3H2,1-2H3,(H,27,29). The quantitative estimate of drug-likeness (QED) is 0.391. The number of amides is 1. The maximum Gasteiger partial charge on any atom is 0.252 e. The zero-order valence-corrected chi connectivity index (χ0v) is 17.0. The predicted octanol–water partition coefficient (Wildman–Crippen LogP) is 4.72. The fourth-order valence-electron chi connectivity index (χ4n) is 3.79.